The fourth-order valence-corrected chi connectivity index (χ4v) is 3.42. The SMILES string of the molecule is O=C(Nc1ncc(-c2ccccn2)[nH]1)C1CC(=O)N(Cc2cccc(C(F)(F)F)c2)C1. The smallest absolute Gasteiger partial charge is 0.338 e. The normalized spacial score (nSPS) is 16.5. The highest BCUT2D eigenvalue weighted by Crippen LogP contribution is 2.30. The number of aromatic amines is 1. The molecule has 2 amide bonds. The van der Waals surface area contributed by atoms with Crippen molar-refractivity contribution in [1.82, 2.24) is 19.9 Å². The van der Waals surface area contributed by atoms with Crippen molar-refractivity contribution >= 4 is 17.8 Å². The van der Waals surface area contributed by atoms with Gasteiger partial charge in [0, 0.05) is 25.7 Å². The number of benzene rings is 1. The molecule has 3 heterocycles. The van der Waals surface area contributed by atoms with Crippen LogP contribution in [0.25, 0.3) is 11.4 Å². The van der Waals surface area contributed by atoms with Crippen LogP contribution >= 0.6 is 0 Å². The Bertz CT molecular complexity index is 1100. The quantitative estimate of drug-likeness (QED) is 0.650. The molecule has 2 N–H and O–H groups in total. The van der Waals surface area contributed by atoms with Crippen LogP contribution in [-0.2, 0) is 22.3 Å². The van der Waals surface area contributed by atoms with Crippen molar-refractivity contribution in [3.05, 3.63) is 66.0 Å². The third kappa shape index (κ3) is 4.73. The molecule has 4 rings (SSSR count). The van der Waals surface area contributed by atoms with E-state index in [9.17, 15) is 22.8 Å². The first-order valence-electron chi connectivity index (χ1n) is 9.51. The molecule has 0 radical (unpaired) electrons. The van der Waals surface area contributed by atoms with Crippen molar-refractivity contribution in [2.24, 2.45) is 5.92 Å². The fraction of sp³-hybridized carbons (Fsp3) is 0.238. The van der Waals surface area contributed by atoms with Crippen LogP contribution in [0, 0.1) is 5.92 Å². The van der Waals surface area contributed by atoms with Crippen LogP contribution in [0.3, 0.4) is 0 Å². The highest BCUT2D eigenvalue weighted by molar-refractivity contribution is 5.96. The number of nitrogens with zero attached hydrogens (tertiary/aromatic N) is 3. The lowest BCUT2D eigenvalue weighted by Crippen LogP contribution is -2.28. The minimum absolute atomic E-state index is 0.0110. The molecular formula is C21H18F3N5O2. The van der Waals surface area contributed by atoms with Crippen LogP contribution in [0.5, 0.6) is 0 Å². The molecule has 1 fully saturated rings. The van der Waals surface area contributed by atoms with Gasteiger partial charge < -0.3 is 9.88 Å². The number of rotatable bonds is 5. The van der Waals surface area contributed by atoms with Gasteiger partial charge >= 0.3 is 6.18 Å². The van der Waals surface area contributed by atoms with Crippen LogP contribution in [0.1, 0.15) is 17.5 Å². The van der Waals surface area contributed by atoms with Gasteiger partial charge in [-0.1, -0.05) is 18.2 Å². The van der Waals surface area contributed by atoms with E-state index in [1.807, 2.05) is 6.07 Å². The Labute approximate surface area is 175 Å². The molecule has 1 saturated heterocycles. The summed E-state index contributed by atoms with van der Waals surface area (Å²) in [5.74, 6) is -1.07. The second-order valence-corrected chi connectivity index (χ2v) is 7.22. The Balaban J connectivity index is 1.38. The molecule has 1 aromatic carbocycles. The van der Waals surface area contributed by atoms with Crippen LogP contribution < -0.4 is 5.32 Å². The van der Waals surface area contributed by atoms with Crippen molar-refractivity contribution < 1.29 is 22.8 Å². The first-order chi connectivity index (χ1) is 14.8. The third-order valence-corrected chi connectivity index (χ3v) is 4.97. The van der Waals surface area contributed by atoms with Gasteiger partial charge in [0.2, 0.25) is 17.8 Å². The van der Waals surface area contributed by atoms with E-state index in [0.717, 1.165) is 12.1 Å². The molecule has 1 aliphatic rings. The number of pyridine rings is 1. The molecule has 1 atom stereocenters. The summed E-state index contributed by atoms with van der Waals surface area (Å²) in [6, 6.07) is 10.2. The van der Waals surface area contributed by atoms with E-state index in [1.165, 1.54) is 23.2 Å². The number of carbonyl (C=O) groups is 2. The minimum atomic E-state index is -4.45. The van der Waals surface area contributed by atoms with Crippen LogP contribution in [-0.4, -0.2) is 38.2 Å². The van der Waals surface area contributed by atoms with Gasteiger partial charge in [-0.15, -0.1) is 0 Å². The molecule has 0 spiro atoms. The van der Waals surface area contributed by atoms with Gasteiger partial charge in [0.25, 0.3) is 0 Å². The van der Waals surface area contributed by atoms with E-state index >= 15 is 0 Å². The zero-order chi connectivity index (χ0) is 22.0. The van der Waals surface area contributed by atoms with E-state index in [0.29, 0.717) is 17.0 Å². The van der Waals surface area contributed by atoms with E-state index < -0.39 is 17.7 Å². The number of aromatic nitrogens is 3. The summed E-state index contributed by atoms with van der Waals surface area (Å²) in [5.41, 5.74) is 0.881. The molecular weight excluding hydrogens is 411 g/mol. The average molecular weight is 429 g/mol. The summed E-state index contributed by atoms with van der Waals surface area (Å²) in [4.78, 5) is 37.5. The third-order valence-electron chi connectivity index (χ3n) is 4.97. The number of halogens is 3. The maximum Gasteiger partial charge on any atom is 0.416 e. The Hall–Kier alpha value is -3.69. The number of alkyl halides is 3. The average Bonchev–Trinajstić information content (AvgIpc) is 3.35. The van der Waals surface area contributed by atoms with E-state index in [-0.39, 0.29) is 37.3 Å². The van der Waals surface area contributed by atoms with Crippen molar-refractivity contribution in [3.63, 3.8) is 0 Å². The summed E-state index contributed by atoms with van der Waals surface area (Å²) < 4.78 is 38.7. The molecule has 0 saturated carbocycles. The summed E-state index contributed by atoms with van der Waals surface area (Å²) >= 11 is 0. The molecule has 1 unspecified atom stereocenters. The van der Waals surface area contributed by atoms with Crippen molar-refractivity contribution in [2.45, 2.75) is 19.1 Å². The largest absolute Gasteiger partial charge is 0.416 e. The van der Waals surface area contributed by atoms with Gasteiger partial charge in [-0.05, 0) is 29.8 Å². The zero-order valence-electron chi connectivity index (χ0n) is 16.2. The molecule has 7 nitrogen and oxygen atoms in total. The number of nitrogens with one attached hydrogen (secondary N) is 2. The molecule has 160 valence electrons. The maximum atomic E-state index is 12.9. The summed E-state index contributed by atoms with van der Waals surface area (Å²) in [7, 11) is 0. The van der Waals surface area contributed by atoms with Crippen molar-refractivity contribution in [3.8, 4) is 11.4 Å². The lowest BCUT2D eigenvalue weighted by Gasteiger charge is -2.17. The molecule has 1 aliphatic heterocycles. The molecule has 2 aromatic heterocycles. The number of imidazole rings is 1. The summed E-state index contributed by atoms with van der Waals surface area (Å²) in [6.45, 7) is 0.131. The van der Waals surface area contributed by atoms with Crippen molar-refractivity contribution in [2.75, 3.05) is 11.9 Å². The molecule has 0 bridgehead atoms. The Morgan fingerprint density at radius 3 is 2.77 bits per heavy atom. The van der Waals surface area contributed by atoms with Gasteiger partial charge in [0.1, 0.15) is 0 Å². The standard InChI is InChI=1S/C21H18F3N5O2/c22-21(23,24)15-5-3-4-13(8-15)11-29-12-14(9-18(29)30)19(31)28-20-26-10-17(27-20)16-6-1-2-7-25-16/h1-8,10,14H,9,11-12H2,(H2,26,27,28,31). The van der Waals surface area contributed by atoms with Gasteiger partial charge in [-0.2, -0.15) is 13.2 Å². The maximum absolute atomic E-state index is 12.9. The second kappa shape index (κ2) is 8.21. The number of hydrogen-bond donors (Lipinski definition) is 2. The monoisotopic (exact) mass is 429 g/mol. The molecule has 0 aliphatic carbocycles. The van der Waals surface area contributed by atoms with Crippen LogP contribution in [0.2, 0.25) is 0 Å². The van der Waals surface area contributed by atoms with Gasteiger partial charge in [-0.25, -0.2) is 4.98 Å². The van der Waals surface area contributed by atoms with Crippen LogP contribution in [0.4, 0.5) is 19.1 Å². The number of amides is 2. The van der Waals surface area contributed by atoms with Gasteiger partial charge in [0.05, 0.1) is 29.1 Å². The number of carbonyl (C=O) groups excluding carboxylic acids is 2. The summed E-state index contributed by atoms with van der Waals surface area (Å²) in [5, 5.41) is 2.65. The number of anilines is 1. The van der Waals surface area contributed by atoms with Crippen molar-refractivity contribution in [1.29, 1.82) is 0 Å². The number of hydrogen-bond acceptors (Lipinski definition) is 4. The van der Waals surface area contributed by atoms with E-state index in [1.54, 1.807) is 18.3 Å². The Kier molecular flexibility index (Phi) is 5.45. The fourth-order valence-electron chi connectivity index (χ4n) is 3.42. The topological polar surface area (TPSA) is 91.0 Å². The summed E-state index contributed by atoms with van der Waals surface area (Å²) in [6.07, 6.45) is -1.29. The van der Waals surface area contributed by atoms with E-state index in [4.69, 9.17) is 0 Å². The number of H-pyrrole nitrogens is 1. The predicted octanol–water partition coefficient (Wildman–Crippen LogP) is 3.48. The van der Waals surface area contributed by atoms with E-state index in [2.05, 4.69) is 20.3 Å². The lowest BCUT2D eigenvalue weighted by atomic mass is 10.1. The second-order valence-electron chi connectivity index (χ2n) is 7.22. The molecule has 31 heavy (non-hydrogen) atoms. The predicted molar refractivity (Wildman–Crippen MR) is 105 cm³/mol. The van der Waals surface area contributed by atoms with Crippen LogP contribution in [0.15, 0.2) is 54.9 Å². The molecule has 3 aromatic rings. The minimum Gasteiger partial charge on any atom is -0.338 e. The number of likely N-dealkylation sites (tertiary alicyclic amines) is 1. The first-order valence-corrected chi connectivity index (χ1v) is 9.51. The highest BCUT2D eigenvalue weighted by atomic mass is 19.4. The Morgan fingerprint density at radius 1 is 1.19 bits per heavy atom. The lowest BCUT2D eigenvalue weighted by molar-refractivity contribution is -0.137. The first kappa shape index (κ1) is 20.6. The zero-order valence-corrected chi connectivity index (χ0v) is 16.2. The van der Waals surface area contributed by atoms with Gasteiger partial charge in [-0.3, -0.25) is 19.9 Å². The highest BCUT2D eigenvalue weighted by Gasteiger charge is 2.35. The Morgan fingerprint density at radius 2 is 2.03 bits per heavy atom. The van der Waals surface area contributed by atoms with Gasteiger partial charge in [0.15, 0.2) is 0 Å². The molecule has 10 heteroatoms.